The zero-order valence-corrected chi connectivity index (χ0v) is 16.5. The van der Waals surface area contributed by atoms with E-state index in [2.05, 4.69) is 0 Å². The molecule has 0 N–H and O–H groups in total. The second-order valence-electron chi connectivity index (χ2n) is 6.37. The van der Waals surface area contributed by atoms with Gasteiger partial charge in [-0.1, -0.05) is 19.1 Å². The van der Waals surface area contributed by atoms with Gasteiger partial charge in [-0.05, 0) is 44.4 Å². The number of benzene rings is 1. The Morgan fingerprint density at radius 1 is 1.23 bits per heavy atom. The second kappa shape index (κ2) is 11.5. The van der Waals surface area contributed by atoms with Gasteiger partial charge in [0.05, 0.1) is 13.0 Å². The Labute approximate surface area is 156 Å². The predicted molar refractivity (Wildman–Crippen MR) is 100 cm³/mol. The lowest BCUT2D eigenvalue weighted by Gasteiger charge is -2.25. The molecular weight excluding hydrogens is 334 g/mol. The van der Waals surface area contributed by atoms with Crippen LogP contribution < -0.4 is 4.74 Å². The lowest BCUT2D eigenvalue weighted by molar-refractivity contribution is -0.146. The summed E-state index contributed by atoms with van der Waals surface area (Å²) in [4.78, 5) is 26.0. The Balaban J connectivity index is 2.68. The van der Waals surface area contributed by atoms with Crippen molar-refractivity contribution in [2.75, 3.05) is 40.0 Å². The summed E-state index contributed by atoms with van der Waals surface area (Å²) >= 11 is 0. The third-order valence-electron chi connectivity index (χ3n) is 4.07. The first-order chi connectivity index (χ1) is 12.4. The van der Waals surface area contributed by atoms with E-state index < -0.39 is 5.92 Å². The Morgan fingerprint density at radius 3 is 2.62 bits per heavy atom. The number of nitrogens with zero attached hydrogens (tertiary/aromatic N) is 1. The van der Waals surface area contributed by atoms with Gasteiger partial charge in [0.15, 0.2) is 6.61 Å². The van der Waals surface area contributed by atoms with Crippen molar-refractivity contribution < 1.29 is 23.8 Å². The van der Waals surface area contributed by atoms with Crippen molar-refractivity contribution in [1.82, 2.24) is 4.90 Å². The summed E-state index contributed by atoms with van der Waals surface area (Å²) in [5, 5.41) is 0. The summed E-state index contributed by atoms with van der Waals surface area (Å²) in [6, 6.07) is 5.88. The second-order valence-corrected chi connectivity index (χ2v) is 6.37. The number of hydrogen-bond donors (Lipinski definition) is 0. The number of ether oxygens (including phenoxy) is 3. The van der Waals surface area contributed by atoms with Crippen molar-refractivity contribution in [3.8, 4) is 5.75 Å². The summed E-state index contributed by atoms with van der Waals surface area (Å²) < 4.78 is 15.8. The number of amides is 1. The fourth-order valence-electron chi connectivity index (χ4n) is 2.52. The SMILES string of the molecule is CCOCCCN(CC(C)C(=O)OC)C(=O)COc1cc(C)ccc1C. The summed E-state index contributed by atoms with van der Waals surface area (Å²) in [5.41, 5.74) is 2.06. The molecule has 6 nitrogen and oxygen atoms in total. The number of carbonyl (C=O) groups excluding carboxylic acids is 2. The third-order valence-corrected chi connectivity index (χ3v) is 4.07. The average Bonchev–Trinajstić information content (AvgIpc) is 2.63. The van der Waals surface area contributed by atoms with Gasteiger partial charge < -0.3 is 19.1 Å². The average molecular weight is 365 g/mol. The van der Waals surface area contributed by atoms with Gasteiger partial charge >= 0.3 is 5.97 Å². The van der Waals surface area contributed by atoms with Crippen LogP contribution in [-0.4, -0.2) is 56.8 Å². The molecule has 0 fully saturated rings. The Bertz CT molecular complexity index is 588. The molecule has 0 spiro atoms. The number of hydrogen-bond acceptors (Lipinski definition) is 5. The molecule has 0 aromatic heterocycles. The minimum Gasteiger partial charge on any atom is -0.483 e. The van der Waals surface area contributed by atoms with Crippen molar-refractivity contribution in [2.24, 2.45) is 5.92 Å². The molecule has 1 unspecified atom stereocenters. The standard InChI is InChI=1S/C20H31NO5/c1-6-25-11-7-10-21(13-17(4)20(23)24-5)19(22)14-26-18-12-15(2)8-9-16(18)3/h8-9,12,17H,6-7,10-11,13-14H2,1-5H3. The molecule has 0 saturated heterocycles. The van der Waals surface area contributed by atoms with Crippen LogP contribution in [0, 0.1) is 19.8 Å². The van der Waals surface area contributed by atoms with Gasteiger partial charge in [0.25, 0.3) is 5.91 Å². The van der Waals surface area contributed by atoms with E-state index in [-0.39, 0.29) is 18.5 Å². The van der Waals surface area contributed by atoms with Crippen LogP contribution in [0.1, 0.15) is 31.4 Å². The van der Waals surface area contributed by atoms with Crippen LogP contribution >= 0.6 is 0 Å². The monoisotopic (exact) mass is 365 g/mol. The highest BCUT2D eigenvalue weighted by atomic mass is 16.5. The molecule has 1 aromatic carbocycles. The zero-order chi connectivity index (χ0) is 19.5. The lowest BCUT2D eigenvalue weighted by atomic mass is 10.1. The molecule has 26 heavy (non-hydrogen) atoms. The van der Waals surface area contributed by atoms with Crippen molar-refractivity contribution >= 4 is 11.9 Å². The van der Waals surface area contributed by atoms with E-state index in [0.29, 0.717) is 38.5 Å². The van der Waals surface area contributed by atoms with Crippen LogP contribution in [0.5, 0.6) is 5.75 Å². The van der Waals surface area contributed by atoms with Crippen LogP contribution in [0.3, 0.4) is 0 Å². The summed E-state index contributed by atoms with van der Waals surface area (Å²) in [6.07, 6.45) is 0.705. The highest BCUT2D eigenvalue weighted by molar-refractivity contribution is 5.79. The molecule has 6 heteroatoms. The van der Waals surface area contributed by atoms with Gasteiger partial charge in [-0.25, -0.2) is 0 Å². The fourth-order valence-corrected chi connectivity index (χ4v) is 2.52. The highest BCUT2D eigenvalue weighted by Gasteiger charge is 2.22. The first kappa shape index (κ1) is 22.0. The summed E-state index contributed by atoms with van der Waals surface area (Å²) in [5.74, 6) is -0.174. The largest absolute Gasteiger partial charge is 0.483 e. The van der Waals surface area contributed by atoms with Crippen molar-refractivity contribution in [3.63, 3.8) is 0 Å². The molecule has 1 atom stereocenters. The number of rotatable bonds is 11. The van der Waals surface area contributed by atoms with Gasteiger partial charge in [0.2, 0.25) is 0 Å². The zero-order valence-electron chi connectivity index (χ0n) is 16.5. The Kier molecular flexibility index (Phi) is 9.73. The van der Waals surface area contributed by atoms with E-state index in [1.165, 1.54) is 7.11 Å². The fraction of sp³-hybridized carbons (Fsp3) is 0.600. The van der Waals surface area contributed by atoms with E-state index in [1.807, 2.05) is 39.0 Å². The molecule has 0 aliphatic carbocycles. The van der Waals surface area contributed by atoms with E-state index in [0.717, 1.165) is 11.1 Å². The molecule has 146 valence electrons. The molecule has 0 aliphatic rings. The van der Waals surface area contributed by atoms with E-state index >= 15 is 0 Å². The minimum absolute atomic E-state index is 0.0627. The number of methoxy groups -OCH3 is 1. The van der Waals surface area contributed by atoms with Crippen LogP contribution in [0.4, 0.5) is 0 Å². The quantitative estimate of drug-likeness (QED) is 0.446. The van der Waals surface area contributed by atoms with Gasteiger partial charge in [-0.2, -0.15) is 0 Å². The van der Waals surface area contributed by atoms with Crippen LogP contribution in [0.15, 0.2) is 18.2 Å². The molecule has 0 bridgehead atoms. The molecule has 0 heterocycles. The van der Waals surface area contributed by atoms with E-state index in [4.69, 9.17) is 14.2 Å². The lowest BCUT2D eigenvalue weighted by Crippen LogP contribution is -2.40. The topological polar surface area (TPSA) is 65.1 Å². The van der Waals surface area contributed by atoms with Gasteiger partial charge in [0, 0.05) is 26.3 Å². The summed E-state index contributed by atoms with van der Waals surface area (Å²) in [6.45, 7) is 9.56. The van der Waals surface area contributed by atoms with Gasteiger partial charge in [-0.3, -0.25) is 9.59 Å². The Hall–Kier alpha value is -2.08. The molecule has 1 amide bonds. The first-order valence-electron chi connectivity index (χ1n) is 9.02. The molecule has 0 aliphatic heterocycles. The predicted octanol–water partition coefficient (Wildman–Crippen LogP) is 2.75. The van der Waals surface area contributed by atoms with Gasteiger partial charge in [0.1, 0.15) is 5.75 Å². The van der Waals surface area contributed by atoms with Crippen LogP contribution in [0.2, 0.25) is 0 Å². The smallest absolute Gasteiger partial charge is 0.310 e. The van der Waals surface area contributed by atoms with Crippen molar-refractivity contribution in [3.05, 3.63) is 29.3 Å². The molecule has 0 saturated carbocycles. The first-order valence-corrected chi connectivity index (χ1v) is 9.02. The van der Waals surface area contributed by atoms with E-state index in [1.54, 1.807) is 11.8 Å². The third kappa shape index (κ3) is 7.44. The number of carbonyl (C=O) groups is 2. The molecule has 1 aromatic rings. The Morgan fingerprint density at radius 2 is 1.96 bits per heavy atom. The minimum atomic E-state index is -0.392. The maximum absolute atomic E-state index is 12.6. The van der Waals surface area contributed by atoms with Crippen LogP contribution in [0.25, 0.3) is 0 Å². The van der Waals surface area contributed by atoms with Crippen molar-refractivity contribution in [2.45, 2.75) is 34.1 Å². The highest BCUT2D eigenvalue weighted by Crippen LogP contribution is 2.19. The number of aryl methyl sites for hydroxylation is 2. The molecule has 0 radical (unpaired) electrons. The maximum atomic E-state index is 12.6. The normalized spacial score (nSPS) is 11.7. The van der Waals surface area contributed by atoms with Gasteiger partial charge in [-0.15, -0.1) is 0 Å². The molecule has 1 rings (SSSR count). The number of esters is 1. The maximum Gasteiger partial charge on any atom is 0.310 e. The summed E-state index contributed by atoms with van der Waals surface area (Å²) in [7, 11) is 1.35. The molecular formula is C20H31NO5. The van der Waals surface area contributed by atoms with Crippen molar-refractivity contribution in [1.29, 1.82) is 0 Å². The van der Waals surface area contributed by atoms with E-state index in [9.17, 15) is 9.59 Å². The van der Waals surface area contributed by atoms with Crippen LogP contribution in [-0.2, 0) is 19.1 Å².